The van der Waals surface area contributed by atoms with Gasteiger partial charge in [0.15, 0.2) is 11.5 Å². The molecule has 2 heterocycles. The Balaban J connectivity index is 0.000000233. The minimum atomic E-state index is -0.418. The molecular weight excluding hydrogens is 476 g/mol. The molecule has 1 saturated carbocycles. The second-order valence-electron chi connectivity index (χ2n) is 10.9. The predicted octanol–water partition coefficient (Wildman–Crippen LogP) is 4.36. The van der Waals surface area contributed by atoms with Crippen LogP contribution in [0.15, 0.2) is 12.1 Å². The summed E-state index contributed by atoms with van der Waals surface area (Å²) in [6.45, 7) is 13.5. The zero-order valence-electron chi connectivity index (χ0n) is 23.3. The first-order valence-electron chi connectivity index (χ1n) is 13.4. The van der Waals surface area contributed by atoms with Crippen molar-refractivity contribution >= 4 is 12.5 Å². The molecule has 2 fully saturated rings. The average molecular weight is 521 g/mol. The van der Waals surface area contributed by atoms with Crippen molar-refractivity contribution in [2.24, 2.45) is 0 Å². The molecule has 2 atom stereocenters. The van der Waals surface area contributed by atoms with E-state index in [1.54, 1.807) is 12.0 Å². The van der Waals surface area contributed by atoms with E-state index in [9.17, 15) is 9.59 Å². The largest absolute Gasteiger partial charge is 0.490 e. The highest BCUT2D eigenvalue weighted by atomic mass is 16.6. The van der Waals surface area contributed by atoms with Crippen LogP contribution in [0.1, 0.15) is 71.0 Å². The van der Waals surface area contributed by atoms with Gasteiger partial charge in [0.25, 0.3) is 0 Å². The number of rotatable bonds is 9. The Morgan fingerprint density at radius 1 is 1.24 bits per heavy atom. The Kier molecular flexibility index (Phi) is 10.5. The standard InChI is InChI=1S/C18H25NO4.C10H19NO3/c1-13(19(12-20)16-4-5-16)15-10-14-6-9-23-18(14)17(11-15)22-8-3-7-21-2;1-8-7-11(5-6-13-8)9(12)14-10(2,3)4/h10-13,16H,3-9H2,1-2H3;8H,5-7H2,1-4H3. The van der Waals surface area contributed by atoms with Crippen LogP contribution >= 0.6 is 0 Å². The maximum absolute atomic E-state index is 11.6. The van der Waals surface area contributed by atoms with E-state index in [-0.39, 0.29) is 18.2 Å². The minimum Gasteiger partial charge on any atom is -0.490 e. The van der Waals surface area contributed by atoms with Crippen LogP contribution in [0.25, 0.3) is 0 Å². The summed E-state index contributed by atoms with van der Waals surface area (Å²) in [7, 11) is 1.69. The molecular formula is C28H44N2O7. The van der Waals surface area contributed by atoms with Gasteiger partial charge in [-0.25, -0.2) is 4.79 Å². The number of nitrogens with zero attached hydrogens (tertiary/aromatic N) is 2. The van der Waals surface area contributed by atoms with Gasteiger partial charge in [-0.2, -0.15) is 0 Å². The number of carbonyl (C=O) groups excluding carboxylic acids is 2. The van der Waals surface area contributed by atoms with Crippen LogP contribution < -0.4 is 9.47 Å². The molecule has 4 rings (SSSR count). The summed E-state index contributed by atoms with van der Waals surface area (Å²) < 4.78 is 27.3. The molecule has 0 radical (unpaired) electrons. The van der Waals surface area contributed by atoms with Crippen LogP contribution in [-0.2, 0) is 25.4 Å². The summed E-state index contributed by atoms with van der Waals surface area (Å²) in [5.74, 6) is 1.65. The third-order valence-corrected chi connectivity index (χ3v) is 6.43. The van der Waals surface area contributed by atoms with E-state index in [4.69, 9.17) is 23.7 Å². The Morgan fingerprint density at radius 2 is 2.00 bits per heavy atom. The first-order chi connectivity index (χ1) is 17.6. The molecule has 9 nitrogen and oxygen atoms in total. The smallest absolute Gasteiger partial charge is 0.410 e. The van der Waals surface area contributed by atoms with Gasteiger partial charge in [-0.15, -0.1) is 0 Å². The number of methoxy groups -OCH3 is 1. The molecule has 1 aliphatic carbocycles. The van der Waals surface area contributed by atoms with E-state index < -0.39 is 5.60 Å². The number of hydrogen-bond donors (Lipinski definition) is 0. The Labute approximate surface area is 221 Å². The molecule has 3 aliphatic rings. The molecule has 0 bridgehead atoms. The normalized spacial score (nSPS) is 19.6. The van der Waals surface area contributed by atoms with Crippen LogP contribution in [-0.4, -0.2) is 86.7 Å². The summed E-state index contributed by atoms with van der Waals surface area (Å²) in [5, 5.41) is 0. The molecule has 0 N–H and O–H groups in total. The van der Waals surface area contributed by atoms with Gasteiger partial charge in [0.2, 0.25) is 6.41 Å². The first kappa shape index (κ1) is 29.0. The van der Waals surface area contributed by atoms with Crippen molar-refractivity contribution < 1.29 is 33.3 Å². The molecule has 0 spiro atoms. The Morgan fingerprint density at radius 3 is 2.62 bits per heavy atom. The van der Waals surface area contributed by atoms with Crippen molar-refractivity contribution in [3.05, 3.63) is 23.3 Å². The Hall–Kier alpha value is -2.52. The Bertz CT molecular complexity index is 897. The van der Waals surface area contributed by atoms with Crippen LogP contribution in [0.2, 0.25) is 0 Å². The van der Waals surface area contributed by atoms with Gasteiger partial charge in [-0.1, -0.05) is 0 Å². The van der Waals surface area contributed by atoms with Crippen LogP contribution in [0.4, 0.5) is 4.79 Å². The average Bonchev–Trinajstić information content (AvgIpc) is 3.56. The maximum Gasteiger partial charge on any atom is 0.410 e. The van der Waals surface area contributed by atoms with Crippen molar-refractivity contribution in [1.29, 1.82) is 0 Å². The number of ether oxygens (including phenoxy) is 5. The number of carbonyl (C=O) groups is 2. The highest BCUT2D eigenvalue weighted by Gasteiger charge is 2.33. The summed E-state index contributed by atoms with van der Waals surface area (Å²) in [6.07, 6.45) is 4.80. The first-order valence-corrected chi connectivity index (χ1v) is 13.4. The molecule has 208 valence electrons. The van der Waals surface area contributed by atoms with Crippen molar-refractivity contribution in [2.75, 3.05) is 46.6 Å². The molecule has 2 aliphatic heterocycles. The second kappa shape index (κ2) is 13.3. The van der Waals surface area contributed by atoms with Gasteiger partial charge in [0, 0.05) is 44.7 Å². The molecule has 0 aromatic heterocycles. The van der Waals surface area contributed by atoms with Crippen molar-refractivity contribution in [1.82, 2.24) is 9.80 Å². The predicted molar refractivity (Wildman–Crippen MR) is 140 cm³/mol. The zero-order chi connectivity index (χ0) is 27.0. The highest BCUT2D eigenvalue weighted by molar-refractivity contribution is 5.68. The highest BCUT2D eigenvalue weighted by Crippen LogP contribution is 2.41. The van der Waals surface area contributed by atoms with E-state index >= 15 is 0 Å². The SMILES string of the molecule is CC1CN(C(=O)OC(C)(C)C)CCO1.COCCCOc1cc(C(C)N(C=O)C2CC2)cc2c1OCC2. The third kappa shape index (κ3) is 8.78. The quantitative estimate of drug-likeness (QED) is 0.353. The van der Waals surface area contributed by atoms with Gasteiger partial charge in [0.05, 0.1) is 38.5 Å². The monoisotopic (exact) mass is 520 g/mol. The van der Waals surface area contributed by atoms with Crippen molar-refractivity contribution in [3.8, 4) is 11.5 Å². The second-order valence-corrected chi connectivity index (χ2v) is 10.9. The fourth-order valence-electron chi connectivity index (χ4n) is 4.38. The fraction of sp³-hybridized carbons (Fsp3) is 0.714. The van der Waals surface area contributed by atoms with Crippen LogP contribution in [0, 0.1) is 0 Å². The molecule has 2 amide bonds. The van der Waals surface area contributed by atoms with Gasteiger partial charge < -0.3 is 33.5 Å². The summed E-state index contributed by atoms with van der Waals surface area (Å²) in [4.78, 5) is 26.6. The lowest BCUT2D eigenvalue weighted by molar-refractivity contribution is -0.120. The van der Waals surface area contributed by atoms with E-state index in [0.29, 0.717) is 45.6 Å². The van der Waals surface area contributed by atoms with E-state index in [2.05, 4.69) is 13.0 Å². The molecule has 1 saturated heterocycles. The minimum absolute atomic E-state index is 0.0622. The van der Waals surface area contributed by atoms with E-state index in [0.717, 1.165) is 49.2 Å². The molecule has 2 unspecified atom stereocenters. The van der Waals surface area contributed by atoms with Gasteiger partial charge in [-0.05, 0) is 65.2 Å². The van der Waals surface area contributed by atoms with Crippen LogP contribution in [0.5, 0.6) is 11.5 Å². The lowest BCUT2D eigenvalue weighted by Crippen LogP contribution is -2.46. The van der Waals surface area contributed by atoms with Gasteiger partial charge in [0.1, 0.15) is 5.60 Å². The fourth-order valence-corrected chi connectivity index (χ4v) is 4.38. The molecule has 1 aromatic rings. The lowest BCUT2D eigenvalue weighted by Gasteiger charge is -2.32. The van der Waals surface area contributed by atoms with Gasteiger partial charge >= 0.3 is 6.09 Å². The number of fused-ring (bicyclic) bond motifs is 1. The summed E-state index contributed by atoms with van der Waals surface area (Å²) in [5.41, 5.74) is 1.88. The number of morpholine rings is 1. The zero-order valence-corrected chi connectivity index (χ0v) is 23.3. The van der Waals surface area contributed by atoms with Crippen molar-refractivity contribution in [3.63, 3.8) is 0 Å². The summed E-state index contributed by atoms with van der Waals surface area (Å²) >= 11 is 0. The van der Waals surface area contributed by atoms with Crippen LogP contribution in [0.3, 0.4) is 0 Å². The van der Waals surface area contributed by atoms with E-state index in [1.165, 1.54) is 5.56 Å². The summed E-state index contributed by atoms with van der Waals surface area (Å²) in [6, 6.07) is 4.65. The van der Waals surface area contributed by atoms with Crippen molar-refractivity contribution in [2.45, 2.75) is 84.1 Å². The topological polar surface area (TPSA) is 86.8 Å². The lowest BCUT2D eigenvalue weighted by atomic mass is 10.0. The van der Waals surface area contributed by atoms with Gasteiger partial charge in [-0.3, -0.25) is 4.79 Å². The van der Waals surface area contributed by atoms with E-state index in [1.807, 2.05) is 38.7 Å². The number of hydrogen-bond acceptors (Lipinski definition) is 7. The molecule has 37 heavy (non-hydrogen) atoms. The number of amides is 2. The number of benzene rings is 1. The molecule has 9 heteroatoms. The third-order valence-electron chi connectivity index (χ3n) is 6.43. The molecule has 1 aromatic carbocycles. The maximum atomic E-state index is 11.6.